The van der Waals surface area contributed by atoms with E-state index in [4.69, 9.17) is 14.2 Å². The molecule has 0 unspecified atom stereocenters. The van der Waals surface area contributed by atoms with Crippen molar-refractivity contribution in [3.05, 3.63) is 53.9 Å². The van der Waals surface area contributed by atoms with Gasteiger partial charge < -0.3 is 19.1 Å². The van der Waals surface area contributed by atoms with Crippen molar-refractivity contribution in [1.29, 1.82) is 0 Å². The Morgan fingerprint density at radius 3 is 2.81 bits per heavy atom. The Bertz CT molecular complexity index is 758. The van der Waals surface area contributed by atoms with Crippen LogP contribution in [0.15, 0.2) is 42.7 Å². The Labute approximate surface area is 152 Å². The van der Waals surface area contributed by atoms with Gasteiger partial charge in [0.05, 0.1) is 19.1 Å². The molecule has 1 fully saturated rings. The van der Waals surface area contributed by atoms with E-state index in [1.165, 1.54) is 0 Å². The number of rotatable bonds is 5. The maximum absolute atomic E-state index is 12.6. The van der Waals surface area contributed by atoms with Crippen LogP contribution in [0.5, 0.6) is 11.5 Å². The van der Waals surface area contributed by atoms with Gasteiger partial charge in [0.15, 0.2) is 11.5 Å². The normalized spacial score (nSPS) is 16.7. The van der Waals surface area contributed by atoms with Crippen molar-refractivity contribution in [1.82, 2.24) is 9.88 Å². The van der Waals surface area contributed by atoms with Crippen LogP contribution in [0, 0.1) is 0 Å². The van der Waals surface area contributed by atoms with Gasteiger partial charge in [-0.05, 0) is 42.2 Å². The lowest BCUT2D eigenvalue weighted by Crippen LogP contribution is -2.41. The minimum Gasteiger partial charge on any atom is -0.454 e. The predicted molar refractivity (Wildman–Crippen MR) is 94.9 cm³/mol. The van der Waals surface area contributed by atoms with E-state index in [0.29, 0.717) is 13.0 Å². The second-order valence-electron chi connectivity index (χ2n) is 6.62. The molecular weight excluding hydrogens is 332 g/mol. The smallest absolute Gasteiger partial charge is 0.231 e. The molecule has 0 bridgehead atoms. The Kier molecular flexibility index (Phi) is 5.02. The third-order valence-electron chi connectivity index (χ3n) is 4.80. The van der Waals surface area contributed by atoms with Gasteiger partial charge in [-0.3, -0.25) is 9.78 Å². The Morgan fingerprint density at radius 1 is 1.15 bits per heavy atom. The van der Waals surface area contributed by atoms with E-state index in [0.717, 1.165) is 48.6 Å². The molecule has 0 aliphatic carbocycles. The van der Waals surface area contributed by atoms with Crippen LogP contribution in [-0.4, -0.2) is 41.8 Å². The minimum absolute atomic E-state index is 0.148. The van der Waals surface area contributed by atoms with Crippen LogP contribution < -0.4 is 9.47 Å². The second kappa shape index (κ2) is 7.74. The van der Waals surface area contributed by atoms with Crippen LogP contribution in [0.1, 0.15) is 24.0 Å². The lowest BCUT2D eigenvalue weighted by molar-refractivity contribution is -0.133. The van der Waals surface area contributed by atoms with Crippen LogP contribution in [0.25, 0.3) is 0 Å². The number of carbonyl (C=O) groups is 1. The molecule has 0 N–H and O–H groups in total. The fourth-order valence-electron chi connectivity index (χ4n) is 3.31. The topological polar surface area (TPSA) is 60.9 Å². The first-order valence-corrected chi connectivity index (χ1v) is 8.95. The molecule has 1 saturated heterocycles. The van der Waals surface area contributed by atoms with Gasteiger partial charge in [-0.25, -0.2) is 0 Å². The number of benzene rings is 1. The molecule has 1 aromatic carbocycles. The highest BCUT2D eigenvalue weighted by atomic mass is 16.7. The van der Waals surface area contributed by atoms with Gasteiger partial charge in [0, 0.05) is 25.5 Å². The average molecular weight is 354 g/mol. The SMILES string of the molecule is O=C(Cc1ccc2c(c1)OCO2)N1CCC(OCc2cccnc2)CC1. The molecule has 2 aliphatic rings. The van der Waals surface area contributed by atoms with Gasteiger partial charge in [-0.15, -0.1) is 0 Å². The monoisotopic (exact) mass is 354 g/mol. The van der Waals surface area contributed by atoms with Crippen molar-refractivity contribution in [2.45, 2.75) is 32.0 Å². The van der Waals surface area contributed by atoms with E-state index >= 15 is 0 Å². The van der Waals surface area contributed by atoms with Crippen molar-refractivity contribution < 1.29 is 19.0 Å². The zero-order valence-electron chi connectivity index (χ0n) is 14.6. The summed E-state index contributed by atoms with van der Waals surface area (Å²) in [4.78, 5) is 18.6. The number of amides is 1. The van der Waals surface area contributed by atoms with E-state index in [-0.39, 0.29) is 18.8 Å². The molecule has 6 nitrogen and oxygen atoms in total. The quantitative estimate of drug-likeness (QED) is 0.826. The minimum atomic E-state index is 0.148. The van der Waals surface area contributed by atoms with Gasteiger partial charge in [0.2, 0.25) is 12.7 Å². The number of hydrogen-bond donors (Lipinski definition) is 0. The summed E-state index contributed by atoms with van der Waals surface area (Å²) in [6.45, 7) is 2.30. The number of aromatic nitrogens is 1. The summed E-state index contributed by atoms with van der Waals surface area (Å²) in [6.07, 6.45) is 5.90. The number of ether oxygens (including phenoxy) is 3. The van der Waals surface area contributed by atoms with E-state index < -0.39 is 0 Å². The number of carbonyl (C=O) groups excluding carboxylic acids is 1. The first-order valence-electron chi connectivity index (χ1n) is 8.95. The van der Waals surface area contributed by atoms with E-state index in [9.17, 15) is 4.79 Å². The van der Waals surface area contributed by atoms with Crippen LogP contribution >= 0.6 is 0 Å². The zero-order valence-corrected chi connectivity index (χ0v) is 14.6. The molecule has 2 aliphatic heterocycles. The molecule has 0 saturated carbocycles. The Balaban J connectivity index is 1.24. The fourth-order valence-corrected chi connectivity index (χ4v) is 3.31. The molecule has 3 heterocycles. The standard InChI is InChI=1S/C20H22N2O4/c23-20(11-15-3-4-18-19(10-15)26-14-25-18)22-8-5-17(6-9-22)24-13-16-2-1-7-21-12-16/h1-4,7,10,12,17H,5-6,8-9,11,13-14H2. The lowest BCUT2D eigenvalue weighted by Gasteiger charge is -2.32. The first kappa shape index (κ1) is 16.8. The second-order valence-corrected chi connectivity index (χ2v) is 6.62. The van der Waals surface area contributed by atoms with Gasteiger partial charge in [0.1, 0.15) is 0 Å². The van der Waals surface area contributed by atoms with Gasteiger partial charge in [-0.1, -0.05) is 12.1 Å². The van der Waals surface area contributed by atoms with Crippen LogP contribution in [0.4, 0.5) is 0 Å². The summed E-state index contributed by atoms with van der Waals surface area (Å²) in [6, 6.07) is 9.61. The number of pyridine rings is 1. The molecule has 136 valence electrons. The molecule has 6 heteroatoms. The van der Waals surface area contributed by atoms with E-state index in [1.807, 2.05) is 41.4 Å². The molecule has 2 aromatic rings. The maximum Gasteiger partial charge on any atom is 0.231 e. The van der Waals surface area contributed by atoms with E-state index in [2.05, 4.69) is 4.98 Å². The highest BCUT2D eigenvalue weighted by Crippen LogP contribution is 2.32. The molecule has 0 spiro atoms. The number of hydrogen-bond acceptors (Lipinski definition) is 5. The third kappa shape index (κ3) is 3.96. The summed E-state index contributed by atoms with van der Waals surface area (Å²) in [7, 11) is 0. The van der Waals surface area contributed by atoms with Crippen molar-refractivity contribution in [3.63, 3.8) is 0 Å². The fraction of sp³-hybridized carbons (Fsp3) is 0.400. The summed E-state index contributed by atoms with van der Waals surface area (Å²) >= 11 is 0. The lowest BCUT2D eigenvalue weighted by atomic mass is 10.1. The number of piperidine rings is 1. The Morgan fingerprint density at radius 2 is 2.00 bits per heavy atom. The van der Waals surface area contributed by atoms with Gasteiger partial charge >= 0.3 is 0 Å². The molecule has 0 atom stereocenters. The van der Waals surface area contributed by atoms with Gasteiger partial charge in [0.25, 0.3) is 0 Å². The molecule has 4 rings (SSSR count). The summed E-state index contributed by atoms with van der Waals surface area (Å²) in [5, 5.41) is 0. The Hall–Kier alpha value is -2.60. The maximum atomic E-state index is 12.6. The zero-order chi connectivity index (χ0) is 17.8. The largest absolute Gasteiger partial charge is 0.454 e. The molecule has 0 radical (unpaired) electrons. The number of nitrogens with zero attached hydrogens (tertiary/aromatic N) is 2. The van der Waals surface area contributed by atoms with E-state index in [1.54, 1.807) is 6.20 Å². The summed E-state index contributed by atoms with van der Waals surface area (Å²) < 4.78 is 16.6. The first-order chi connectivity index (χ1) is 12.8. The van der Waals surface area contributed by atoms with Crippen molar-refractivity contribution in [3.8, 4) is 11.5 Å². The summed E-state index contributed by atoms with van der Waals surface area (Å²) in [5.41, 5.74) is 2.03. The average Bonchev–Trinajstić information content (AvgIpc) is 3.15. The highest BCUT2D eigenvalue weighted by Gasteiger charge is 2.24. The molecule has 26 heavy (non-hydrogen) atoms. The van der Waals surface area contributed by atoms with Crippen LogP contribution in [-0.2, 0) is 22.6 Å². The number of fused-ring (bicyclic) bond motifs is 1. The van der Waals surface area contributed by atoms with Gasteiger partial charge in [-0.2, -0.15) is 0 Å². The highest BCUT2D eigenvalue weighted by molar-refractivity contribution is 5.79. The molecule has 1 aromatic heterocycles. The molecular formula is C20H22N2O4. The number of likely N-dealkylation sites (tertiary alicyclic amines) is 1. The van der Waals surface area contributed by atoms with Crippen LogP contribution in [0.3, 0.4) is 0 Å². The van der Waals surface area contributed by atoms with Crippen molar-refractivity contribution in [2.24, 2.45) is 0 Å². The van der Waals surface area contributed by atoms with Crippen LogP contribution in [0.2, 0.25) is 0 Å². The van der Waals surface area contributed by atoms with Crippen molar-refractivity contribution >= 4 is 5.91 Å². The predicted octanol–water partition coefficient (Wildman–Crippen LogP) is 2.56. The van der Waals surface area contributed by atoms with Crippen molar-refractivity contribution in [2.75, 3.05) is 19.9 Å². The summed E-state index contributed by atoms with van der Waals surface area (Å²) in [5.74, 6) is 1.61. The third-order valence-corrected chi connectivity index (χ3v) is 4.80. The molecule has 1 amide bonds.